The Labute approximate surface area is 159 Å². The van der Waals surface area contributed by atoms with E-state index < -0.39 is 0 Å². The zero-order chi connectivity index (χ0) is 19.1. The van der Waals surface area contributed by atoms with E-state index in [9.17, 15) is 4.79 Å². The van der Waals surface area contributed by atoms with Crippen molar-refractivity contribution < 1.29 is 19.2 Å². The van der Waals surface area contributed by atoms with Crippen LogP contribution in [0, 0.1) is 0 Å². The molecule has 0 radical (unpaired) electrons. The van der Waals surface area contributed by atoms with E-state index >= 15 is 0 Å². The number of anilines is 1. The molecule has 0 aliphatic heterocycles. The van der Waals surface area contributed by atoms with Crippen LogP contribution in [0.4, 0.5) is 5.69 Å². The second kappa shape index (κ2) is 9.46. The molecule has 0 bridgehead atoms. The molecule has 0 spiro atoms. The van der Waals surface area contributed by atoms with E-state index in [1.165, 1.54) is 0 Å². The van der Waals surface area contributed by atoms with Gasteiger partial charge in [0.1, 0.15) is 0 Å². The molecule has 5 nitrogen and oxygen atoms in total. The number of nitrogens with one attached hydrogen (secondary N) is 2. The van der Waals surface area contributed by atoms with Crippen molar-refractivity contribution in [2.24, 2.45) is 0 Å². The van der Waals surface area contributed by atoms with Crippen LogP contribution in [0.1, 0.15) is 12.5 Å². The highest BCUT2D eigenvalue weighted by atomic mass is 35.5. The summed E-state index contributed by atoms with van der Waals surface area (Å²) < 4.78 is 10.6. The van der Waals surface area contributed by atoms with E-state index in [0.717, 1.165) is 34.9 Å². The Morgan fingerprint density at radius 1 is 1.12 bits per heavy atom. The third-order valence-corrected chi connectivity index (χ3v) is 4.75. The number of ether oxygens (including phenoxy) is 2. The first-order chi connectivity index (χ1) is 12.4. The Hall–Kier alpha value is -2.24. The summed E-state index contributed by atoms with van der Waals surface area (Å²) in [4.78, 5) is 13.6. The number of likely N-dealkylation sites (N-methyl/N-ethyl adjacent to an activating group) is 1. The number of hydrogen-bond donors (Lipinski definition) is 2. The van der Waals surface area contributed by atoms with E-state index in [2.05, 4.69) is 5.32 Å². The molecule has 140 valence electrons. The van der Waals surface area contributed by atoms with E-state index in [4.69, 9.17) is 21.1 Å². The monoisotopic (exact) mass is 377 g/mol. The van der Waals surface area contributed by atoms with Crippen molar-refractivity contribution in [3.05, 3.63) is 53.1 Å². The first-order valence-electron chi connectivity index (χ1n) is 8.54. The third kappa shape index (κ3) is 5.38. The maximum Gasteiger partial charge on any atom is 0.282 e. The minimum absolute atomic E-state index is 0.0165. The van der Waals surface area contributed by atoms with E-state index in [-0.39, 0.29) is 11.9 Å². The summed E-state index contributed by atoms with van der Waals surface area (Å²) in [5.41, 5.74) is 1.89. The molecule has 2 atom stereocenters. The number of benzene rings is 2. The maximum absolute atomic E-state index is 12.4. The summed E-state index contributed by atoms with van der Waals surface area (Å²) in [5.74, 6) is 1.42. The minimum atomic E-state index is -0.175. The number of halogens is 1. The largest absolute Gasteiger partial charge is 0.493 e. The van der Waals surface area contributed by atoms with Crippen molar-refractivity contribution in [3.8, 4) is 11.5 Å². The van der Waals surface area contributed by atoms with Gasteiger partial charge >= 0.3 is 0 Å². The number of carbonyl (C=O) groups excluding carboxylic acids is 1. The second-order valence-corrected chi connectivity index (χ2v) is 6.69. The molecule has 0 heterocycles. The van der Waals surface area contributed by atoms with Crippen molar-refractivity contribution in [3.63, 3.8) is 0 Å². The smallest absolute Gasteiger partial charge is 0.282 e. The predicted octanol–water partition coefficient (Wildman–Crippen LogP) is 2.44. The van der Waals surface area contributed by atoms with Gasteiger partial charge in [-0.05, 0) is 48.9 Å². The van der Waals surface area contributed by atoms with Crippen LogP contribution in [0.5, 0.6) is 11.5 Å². The van der Waals surface area contributed by atoms with Gasteiger partial charge in [-0.15, -0.1) is 0 Å². The first-order valence-corrected chi connectivity index (χ1v) is 8.92. The minimum Gasteiger partial charge on any atom is -0.493 e. The molecule has 2 N–H and O–H groups in total. The van der Waals surface area contributed by atoms with Crippen molar-refractivity contribution in [2.45, 2.75) is 19.4 Å². The molecule has 0 saturated heterocycles. The van der Waals surface area contributed by atoms with Crippen LogP contribution in [-0.4, -0.2) is 39.8 Å². The summed E-state index contributed by atoms with van der Waals surface area (Å²) in [6.07, 6.45) is 0.838. The lowest BCUT2D eigenvalue weighted by molar-refractivity contribution is -0.893. The fourth-order valence-corrected chi connectivity index (χ4v) is 2.73. The molecule has 6 heteroatoms. The average Bonchev–Trinajstić information content (AvgIpc) is 2.66. The average molecular weight is 378 g/mol. The zero-order valence-electron chi connectivity index (χ0n) is 15.6. The lowest BCUT2D eigenvalue weighted by Gasteiger charge is -2.21. The predicted molar refractivity (Wildman–Crippen MR) is 105 cm³/mol. The number of hydrogen-bond acceptors (Lipinski definition) is 3. The molecule has 1 unspecified atom stereocenters. The molecule has 0 saturated carbocycles. The van der Waals surface area contributed by atoms with E-state index in [1.807, 2.05) is 32.2 Å². The Morgan fingerprint density at radius 3 is 2.38 bits per heavy atom. The lowest BCUT2D eigenvalue weighted by Crippen LogP contribution is -3.14. The number of rotatable bonds is 8. The normalized spacial score (nSPS) is 13.0. The van der Waals surface area contributed by atoms with Gasteiger partial charge < -0.3 is 19.7 Å². The van der Waals surface area contributed by atoms with Gasteiger partial charge in [0, 0.05) is 17.1 Å². The highest BCUT2D eigenvalue weighted by molar-refractivity contribution is 6.30. The maximum atomic E-state index is 12.4. The fourth-order valence-electron chi connectivity index (χ4n) is 2.60. The number of amides is 1. The number of methoxy groups -OCH3 is 2. The lowest BCUT2D eigenvalue weighted by atomic mass is 10.1. The quantitative estimate of drug-likeness (QED) is 0.743. The van der Waals surface area contributed by atoms with Gasteiger partial charge in [-0.3, -0.25) is 4.79 Å². The Kier molecular flexibility index (Phi) is 7.30. The van der Waals surface area contributed by atoms with Gasteiger partial charge in [0.25, 0.3) is 5.91 Å². The summed E-state index contributed by atoms with van der Waals surface area (Å²) in [7, 11) is 5.27. The van der Waals surface area contributed by atoms with Gasteiger partial charge in [-0.2, -0.15) is 0 Å². The number of quaternary nitrogens is 1. The molecular weight excluding hydrogens is 352 g/mol. The van der Waals surface area contributed by atoms with Gasteiger partial charge in [0.15, 0.2) is 17.5 Å². The Bertz CT molecular complexity index is 734. The van der Waals surface area contributed by atoms with Crippen LogP contribution in [0.2, 0.25) is 5.02 Å². The van der Waals surface area contributed by atoms with Crippen molar-refractivity contribution >= 4 is 23.2 Å². The standard InChI is InChI=1S/C20H25ClN2O3/c1-14(20(24)22-17-8-6-16(21)7-9-17)23(2)12-11-15-5-10-18(25-3)19(13-15)26-4/h5-10,13-14H,11-12H2,1-4H3,(H,22,24)/p+1/t14-/m0/s1. The van der Waals surface area contributed by atoms with Crippen LogP contribution in [0.3, 0.4) is 0 Å². The molecular formula is C20H26ClN2O3+. The van der Waals surface area contributed by atoms with Crippen LogP contribution in [0.25, 0.3) is 0 Å². The zero-order valence-corrected chi connectivity index (χ0v) is 16.4. The molecule has 0 aliphatic rings. The Morgan fingerprint density at radius 2 is 1.77 bits per heavy atom. The van der Waals surface area contributed by atoms with Crippen LogP contribution < -0.4 is 19.7 Å². The molecule has 2 aromatic carbocycles. The van der Waals surface area contributed by atoms with Crippen LogP contribution in [0.15, 0.2) is 42.5 Å². The van der Waals surface area contributed by atoms with Gasteiger partial charge in [0.2, 0.25) is 0 Å². The van der Waals surface area contributed by atoms with Crippen molar-refractivity contribution in [1.82, 2.24) is 0 Å². The summed E-state index contributed by atoms with van der Waals surface area (Å²) >= 11 is 5.87. The van der Waals surface area contributed by atoms with E-state index in [0.29, 0.717) is 10.8 Å². The van der Waals surface area contributed by atoms with E-state index in [1.54, 1.807) is 38.5 Å². The molecule has 1 amide bonds. The van der Waals surface area contributed by atoms with Gasteiger partial charge in [-0.1, -0.05) is 17.7 Å². The SMILES string of the molecule is COc1ccc(CC[NH+](C)[C@@H](C)C(=O)Nc2ccc(Cl)cc2)cc1OC. The highest BCUT2D eigenvalue weighted by Gasteiger charge is 2.21. The third-order valence-electron chi connectivity index (χ3n) is 4.50. The fraction of sp³-hybridized carbons (Fsp3) is 0.350. The molecule has 0 aliphatic carbocycles. The van der Waals surface area contributed by atoms with Crippen LogP contribution >= 0.6 is 11.6 Å². The second-order valence-electron chi connectivity index (χ2n) is 6.25. The molecule has 2 aromatic rings. The topological polar surface area (TPSA) is 52.0 Å². The summed E-state index contributed by atoms with van der Waals surface area (Å²) in [6, 6.07) is 12.8. The molecule has 0 fully saturated rings. The van der Waals surface area contributed by atoms with Crippen molar-refractivity contribution in [1.29, 1.82) is 0 Å². The van der Waals surface area contributed by atoms with Gasteiger partial charge in [0.05, 0.1) is 27.8 Å². The summed E-state index contributed by atoms with van der Waals surface area (Å²) in [6.45, 7) is 2.75. The molecule has 0 aromatic heterocycles. The number of carbonyl (C=O) groups is 1. The Balaban J connectivity index is 1.91. The first kappa shape index (κ1) is 20.1. The van der Waals surface area contributed by atoms with Gasteiger partial charge in [-0.25, -0.2) is 0 Å². The molecule has 2 rings (SSSR count). The van der Waals surface area contributed by atoms with Crippen LogP contribution in [-0.2, 0) is 11.2 Å². The van der Waals surface area contributed by atoms with Crippen molar-refractivity contribution in [2.75, 3.05) is 33.1 Å². The summed E-state index contributed by atoms with van der Waals surface area (Å²) in [5, 5.41) is 3.57. The molecule has 26 heavy (non-hydrogen) atoms. The highest BCUT2D eigenvalue weighted by Crippen LogP contribution is 2.27.